The summed E-state index contributed by atoms with van der Waals surface area (Å²) in [5.74, 6) is 0.134. The van der Waals surface area contributed by atoms with Gasteiger partial charge in [0.1, 0.15) is 10.7 Å². The molecule has 11 heteroatoms. The third-order valence-corrected chi connectivity index (χ3v) is 6.48. The number of hydrogen-bond donors (Lipinski definition) is 0. The zero-order valence-corrected chi connectivity index (χ0v) is 18.7. The van der Waals surface area contributed by atoms with Crippen LogP contribution in [0.25, 0.3) is 27.4 Å². The van der Waals surface area contributed by atoms with Gasteiger partial charge in [-0.2, -0.15) is 27.9 Å². The molecule has 5 rings (SSSR count). The van der Waals surface area contributed by atoms with Gasteiger partial charge in [-0.15, -0.1) is 0 Å². The van der Waals surface area contributed by atoms with Gasteiger partial charge >= 0.3 is 6.18 Å². The van der Waals surface area contributed by atoms with Crippen molar-refractivity contribution >= 4 is 40.6 Å². The molecule has 0 aliphatic heterocycles. The number of fused-ring (bicyclic) bond motifs is 1. The molecule has 0 bridgehead atoms. The highest BCUT2D eigenvalue weighted by Gasteiger charge is 2.30. The molecule has 3 heterocycles. The van der Waals surface area contributed by atoms with Gasteiger partial charge in [-0.3, -0.25) is 4.79 Å². The van der Waals surface area contributed by atoms with Crippen molar-refractivity contribution in [2.24, 2.45) is 0 Å². The second kappa shape index (κ2) is 9.88. The van der Waals surface area contributed by atoms with Crippen LogP contribution in [0.4, 0.5) is 13.2 Å². The highest BCUT2D eigenvalue weighted by Crippen LogP contribution is 2.36. The van der Waals surface area contributed by atoms with Crippen LogP contribution in [0.15, 0.2) is 82.0 Å². The molecule has 0 fully saturated rings. The molecule has 0 unspecified atom stereocenters. The number of ether oxygens (including phenoxy) is 1. The Bertz CT molecular complexity index is 1480. The zero-order valence-electron chi connectivity index (χ0n) is 17.1. The normalized spacial score (nSPS) is 11.3. The molecular formula is C24H17F3N4O2S2. The van der Waals surface area contributed by atoms with Gasteiger partial charge in [0, 0.05) is 15.8 Å². The van der Waals surface area contributed by atoms with Crippen LogP contribution >= 0.6 is 23.1 Å². The fraction of sp³-hybridized carbons (Fsp3) is 0.0833. The largest absolute Gasteiger partial charge is 0.416 e. The Morgan fingerprint density at radius 1 is 1.00 bits per heavy atom. The number of hydrogen-bond acceptors (Lipinski definition) is 7. The summed E-state index contributed by atoms with van der Waals surface area (Å²) in [6.07, 6.45) is -4.43. The van der Waals surface area contributed by atoms with Crippen LogP contribution in [0.2, 0.25) is 0 Å². The van der Waals surface area contributed by atoms with E-state index in [1.807, 2.05) is 36.4 Å². The Morgan fingerprint density at radius 2 is 1.80 bits per heavy atom. The second-order valence-corrected chi connectivity index (χ2v) is 8.89. The van der Waals surface area contributed by atoms with Crippen LogP contribution in [0, 0.1) is 0 Å². The Labute approximate surface area is 206 Å². The van der Waals surface area contributed by atoms with Gasteiger partial charge in [-0.1, -0.05) is 66.9 Å². The van der Waals surface area contributed by atoms with Crippen molar-refractivity contribution in [3.05, 3.63) is 77.7 Å². The number of nitrogens with zero attached hydrogens (tertiary/aromatic N) is 4. The maximum Gasteiger partial charge on any atom is 0.416 e. The number of carbonyl (C=O) groups is 1. The van der Waals surface area contributed by atoms with Crippen molar-refractivity contribution < 1.29 is 22.7 Å². The van der Waals surface area contributed by atoms with E-state index in [1.165, 1.54) is 22.1 Å². The summed E-state index contributed by atoms with van der Waals surface area (Å²) in [5.41, 5.74) is 1.29. The summed E-state index contributed by atoms with van der Waals surface area (Å²) < 4.78 is 45.7. The smallest absolute Gasteiger partial charge is 0.409 e. The molecule has 0 spiro atoms. The molecular weight excluding hydrogens is 497 g/mol. The minimum atomic E-state index is -4.43. The summed E-state index contributed by atoms with van der Waals surface area (Å²) >= 11 is 2.33. The van der Waals surface area contributed by atoms with Crippen LogP contribution < -0.4 is 4.74 Å². The van der Waals surface area contributed by atoms with Gasteiger partial charge < -0.3 is 4.74 Å². The quantitative estimate of drug-likeness (QED) is 0.230. The van der Waals surface area contributed by atoms with Gasteiger partial charge in [0.15, 0.2) is 5.65 Å². The molecule has 0 saturated heterocycles. The molecule has 0 aliphatic carbocycles. The summed E-state index contributed by atoms with van der Waals surface area (Å²) in [6.45, 7) is 0.289. The number of thiazole rings is 1. The third kappa shape index (κ3) is 5.05. The van der Waals surface area contributed by atoms with E-state index < -0.39 is 11.7 Å². The SMILES string of the molecule is C.O=COc1csc(-n2nc(-c3ccccc3)c3ccc(Sc4cccc(C(F)(F)F)c4)nc32)n1. The molecule has 178 valence electrons. The van der Waals surface area contributed by atoms with Crippen molar-refractivity contribution in [3.8, 4) is 22.3 Å². The molecule has 0 amide bonds. The molecule has 0 saturated carbocycles. The topological polar surface area (TPSA) is 69.9 Å². The van der Waals surface area contributed by atoms with Gasteiger partial charge in [-0.25, -0.2) is 4.98 Å². The van der Waals surface area contributed by atoms with Crippen molar-refractivity contribution in [2.45, 2.75) is 23.5 Å². The molecule has 0 radical (unpaired) electrons. The van der Waals surface area contributed by atoms with Crippen LogP contribution in [0.3, 0.4) is 0 Å². The summed E-state index contributed by atoms with van der Waals surface area (Å²) in [5, 5.41) is 7.93. The minimum absolute atomic E-state index is 0. The van der Waals surface area contributed by atoms with E-state index >= 15 is 0 Å². The van der Waals surface area contributed by atoms with Crippen LogP contribution in [-0.4, -0.2) is 26.2 Å². The third-order valence-electron chi connectivity index (χ3n) is 4.76. The van der Waals surface area contributed by atoms with E-state index in [0.717, 1.165) is 34.8 Å². The maximum atomic E-state index is 13.1. The van der Waals surface area contributed by atoms with Gasteiger partial charge in [0.05, 0.1) is 10.9 Å². The molecule has 6 nitrogen and oxygen atoms in total. The lowest BCUT2D eigenvalue weighted by atomic mass is 10.1. The highest BCUT2D eigenvalue weighted by molar-refractivity contribution is 7.99. The Hall–Kier alpha value is -3.70. The van der Waals surface area contributed by atoms with E-state index in [-0.39, 0.29) is 19.8 Å². The first kappa shape index (κ1) is 24.4. The molecule has 0 N–H and O–H groups in total. The second-order valence-electron chi connectivity index (χ2n) is 6.96. The molecule has 3 aromatic heterocycles. The molecule has 2 aromatic carbocycles. The number of benzene rings is 2. The Balaban J connectivity index is 0.00000289. The first-order valence-corrected chi connectivity index (χ1v) is 11.5. The fourth-order valence-corrected chi connectivity index (χ4v) is 4.81. The lowest BCUT2D eigenvalue weighted by molar-refractivity contribution is -0.137. The lowest BCUT2D eigenvalue weighted by Gasteiger charge is -2.08. The molecule has 5 aromatic rings. The van der Waals surface area contributed by atoms with Crippen molar-refractivity contribution in [1.82, 2.24) is 19.7 Å². The van der Waals surface area contributed by atoms with Crippen LogP contribution in [-0.2, 0) is 11.0 Å². The Kier molecular flexibility index (Phi) is 6.90. The number of aromatic nitrogens is 4. The van der Waals surface area contributed by atoms with Gasteiger partial charge in [-0.05, 0) is 30.3 Å². The van der Waals surface area contributed by atoms with Gasteiger partial charge in [0.2, 0.25) is 11.0 Å². The van der Waals surface area contributed by atoms with E-state index in [2.05, 4.69) is 9.97 Å². The number of alkyl halides is 3. The van der Waals surface area contributed by atoms with E-state index in [0.29, 0.717) is 26.4 Å². The number of carbonyl (C=O) groups excluding carboxylic acids is 1. The van der Waals surface area contributed by atoms with Crippen molar-refractivity contribution in [2.75, 3.05) is 0 Å². The van der Waals surface area contributed by atoms with Crippen LogP contribution in [0.1, 0.15) is 13.0 Å². The van der Waals surface area contributed by atoms with Crippen molar-refractivity contribution in [1.29, 1.82) is 0 Å². The first-order valence-electron chi connectivity index (χ1n) is 9.79. The van der Waals surface area contributed by atoms with E-state index in [1.54, 1.807) is 17.5 Å². The minimum Gasteiger partial charge on any atom is -0.409 e. The zero-order chi connectivity index (χ0) is 23.7. The number of pyridine rings is 1. The molecule has 0 aliphatic rings. The summed E-state index contributed by atoms with van der Waals surface area (Å²) in [4.78, 5) is 20.0. The molecule has 35 heavy (non-hydrogen) atoms. The fourth-order valence-electron chi connectivity index (χ4n) is 3.29. The summed E-state index contributed by atoms with van der Waals surface area (Å²) in [6, 6.07) is 18.2. The summed E-state index contributed by atoms with van der Waals surface area (Å²) in [7, 11) is 0. The average molecular weight is 515 g/mol. The van der Waals surface area contributed by atoms with Crippen molar-refractivity contribution in [3.63, 3.8) is 0 Å². The maximum absolute atomic E-state index is 13.1. The lowest BCUT2D eigenvalue weighted by Crippen LogP contribution is -2.04. The predicted molar refractivity (Wildman–Crippen MR) is 129 cm³/mol. The Morgan fingerprint density at radius 3 is 2.54 bits per heavy atom. The standard InChI is InChI=1S/C23H13F3N4O2S2.CH4/c24-23(25,26)15-7-4-8-16(11-15)34-19-10-9-17-20(14-5-2-1-3-6-14)29-30(21(17)28-19)22-27-18(12-33-22)32-13-31;/h1-13H;1H4. The molecule has 0 atom stereocenters. The average Bonchev–Trinajstić information content (AvgIpc) is 3.44. The highest BCUT2D eigenvalue weighted by atomic mass is 32.2. The number of rotatable bonds is 6. The van der Waals surface area contributed by atoms with Gasteiger partial charge in [0.25, 0.3) is 6.47 Å². The number of halogens is 3. The predicted octanol–water partition coefficient (Wildman–Crippen LogP) is 6.89. The van der Waals surface area contributed by atoms with E-state index in [9.17, 15) is 18.0 Å². The first-order chi connectivity index (χ1) is 16.4. The van der Waals surface area contributed by atoms with E-state index in [4.69, 9.17) is 9.84 Å². The monoisotopic (exact) mass is 514 g/mol. The van der Waals surface area contributed by atoms with Crippen LogP contribution in [0.5, 0.6) is 5.88 Å².